The van der Waals surface area contributed by atoms with Crippen LogP contribution >= 0.6 is 11.3 Å². The predicted molar refractivity (Wildman–Crippen MR) is 80.1 cm³/mol. The highest BCUT2D eigenvalue weighted by atomic mass is 32.1. The Hall–Kier alpha value is -2.21. The quantitative estimate of drug-likeness (QED) is 0.801. The van der Waals surface area contributed by atoms with E-state index in [0.29, 0.717) is 10.8 Å². The lowest BCUT2D eigenvalue weighted by atomic mass is 10.3. The van der Waals surface area contributed by atoms with Gasteiger partial charge >= 0.3 is 0 Å². The van der Waals surface area contributed by atoms with Gasteiger partial charge in [0.15, 0.2) is 5.13 Å². The number of nitrogens with one attached hydrogen (secondary N) is 1. The molecule has 102 valence electrons. The minimum absolute atomic E-state index is 0.171. The Morgan fingerprint density at radius 2 is 2.20 bits per heavy atom. The Morgan fingerprint density at radius 3 is 3.00 bits per heavy atom. The van der Waals surface area contributed by atoms with Gasteiger partial charge in [-0.3, -0.25) is 14.8 Å². The molecule has 0 saturated heterocycles. The van der Waals surface area contributed by atoms with Crippen LogP contribution in [0.3, 0.4) is 0 Å². The molecule has 0 spiro atoms. The first-order chi connectivity index (χ1) is 9.78. The Kier molecular flexibility index (Phi) is 3.47. The molecule has 3 rings (SSSR count). The number of thiazole rings is 1. The molecule has 1 N–H and O–H groups in total. The summed E-state index contributed by atoms with van der Waals surface area (Å²) in [5.41, 5.74) is 1.46. The highest BCUT2D eigenvalue weighted by Gasteiger charge is 2.13. The van der Waals surface area contributed by atoms with Crippen molar-refractivity contribution in [1.29, 1.82) is 0 Å². The zero-order valence-corrected chi connectivity index (χ0v) is 11.9. The van der Waals surface area contributed by atoms with E-state index in [1.165, 1.54) is 11.3 Å². The molecule has 6 heteroatoms. The number of amides is 1. The second kappa shape index (κ2) is 5.42. The summed E-state index contributed by atoms with van der Waals surface area (Å²) in [6, 6.07) is 9.54. The summed E-state index contributed by atoms with van der Waals surface area (Å²) in [6.45, 7) is 2.78. The van der Waals surface area contributed by atoms with Gasteiger partial charge in [-0.2, -0.15) is 5.10 Å². The fourth-order valence-corrected chi connectivity index (χ4v) is 2.86. The molecule has 2 aromatic heterocycles. The van der Waals surface area contributed by atoms with Gasteiger partial charge in [-0.1, -0.05) is 30.4 Å². The Morgan fingerprint density at radius 1 is 1.35 bits per heavy atom. The third-order valence-corrected chi connectivity index (χ3v) is 3.85. The van der Waals surface area contributed by atoms with E-state index >= 15 is 0 Å². The largest absolute Gasteiger partial charge is 0.296 e. The maximum absolute atomic E-state index is 12.2. The number of carbonyl (C=O) groups is 1. The van der Waals surface area contributed by atoms with E-state index in [0.717, 1.165) is 23.2 Å². The number of nitrogens with zero attached hydrogens (tertiary/aromatic N) is 3. The number of carbonyl (C=O) groups excluding carboxylic acids is 1. The van der Waals surface area contributed by atoms with Crippen LogP contribution in [0.1, 0.15) is 23.8 Å². The summed E-state index contributed by atoms with van der Waals surface area (Å²) >= 11 is 1.47. The van der Waals surface area contributed by atoms with Crippen molar-refractivity contribution in [3.63, 3.8) is 0 Å². The minimum atomic E-state index is -0.171. The van der Waals surface area contributed by atoms with Gasteiger partial charge < -0.3 is 0 Å². The number of para-hydroxylation sites is 1. The lowest BCUT2D eigenvalue weighted by Crippen LogP contribution is -2.17. The van der Waals surface area contributed by atoms with Crippen molar-refractivity contribution < 1.29 is 4.79 Å². The molecule has 0 aliphatic heterocycles. The van der Waals surface area contributed by atoms with Crippen molar-refractivity contribution in [3.8, 4) is 0 Å². The number of aryl methyl sites for hydroxylation is 1. The van der Waals surface area contributed by atoms with Crippen molar-refractivity contribution in [2.24, 2.45) is 0 Å². The fraction of sp³-hybridized carbons (Fsp3) is 0.214. The molecule has 0 bridgehead atoms. The molecule has 0 aliphatic rings. The molecular weight excluding hydrogens is 272 g/mol. The van der Waals surface area contributed by atoms with Crippen LogP contribution in [0.25, 0.3) is 10.2 Å². The topological polar surface area (TPSA) is 59.8 Å². The first kappa shape index (κ1) is 12.8. The van der Waals surface area contributed by atoms with Gasteiger partial charge in [0.25, 0.3) is 5.91 Å². The second-order valence-electron chi connectivity index (χ2n) is 4.38. The number of rotatable bonds is 4. The van der Waals surface area contributed by atoms with Crippen LogP contribution in [0.5, 0.6) is 0 Å². The van der Waals surface area contributed by atoms with Crippen LogP contribution in [0.2, 0.25) is 0 Å². The van der Waals surface area contributed by atoms with E-state index < -0.39 is 0 Å². The molecule has 0 aliphatic carbocycles. The first-order valence-corrected chi connectivity index (χ1v) is 7.28. The number of benzene rings is 1. The molecule has 0 atom stereocenters. The molecule has 3 aromatic rings. The summed E-state index contributed by atoms with van der Waals surface area (Å²) in [5.74, 6) is -0.171. The number of hydrogen-bond donors (Lipinski definition) is 1. The van der Waals surface area contributed by atoms with Crippen molar-refractivity contribution in [1.82, 2.24) is 14.8 Å². The molecule has 1 amide bonds. The number of fused-ring (bicyclic) bond motifs is 1. The molecular formula is C14H14N4OS. The van der Waals surface area contributed by atoms with Crippen molar-refractivity contribution in [2.45, 2.75) is 19.9 Å². The highest BCUT2D eigenvalue weighted by molar-refractivity contribution is 7.22. The van der Waals surface area contributed by atoms with Gasteiger partial charge in [0, 0.05) is 12.7 Å². The summed E-state index contributed by atoms with van der Waals surface area (Å²) in [4.78, 5) is 16.6. The Balaban J connectivity index is 1.83. The van der Waals surface area contributed by atoms with Crippen molar-refractivity contribution in [3.05, 3.63) is 42.2 Å². The highest BCUT2D eigenvalue weighted by Crippen LogP contribution is 2.25. The lowest BCUT2D eigenvalue weighted by Gasteiger charge is -2.05. The maximum atomic E-state index is 12.2. The zero-order chi connectivity index (χ0) is 13.9. The van der Waals surface area contributed by atoms with E-state index in [2.05, 4.69) is 22.3 Å². The zero-order valence-electron chi connectivity index (χ0n) is 11.0. The molecule has 0 radical (unpaired) electrons. The van der Waals surface area contributed by atoms with E-state index in [1.807, 2.05) is 24.3 Å². The predicted octanol–water partition coefficient (Wildman–Crippen LogP) is 3.16. The maximum Gasteiger partial charge on any atom is 0.275 e. The van der Waals surface area contributed by atoms with E-state index in [4.69, 9.17) is 0 Å². The number of hydrogen-bond acceptors (Lipinski definition) is 4. The molecule has 0 unspecified atom stereocenters. The average Bonchev–Trinajstić information content (AvgIpc) is 3.04. The van der Waals surface area contributed by atoms with Gasteiger partial charge in [-0.15, -0.1) is 0 Å². The van der Waals surface area contributed by atoms with Gasteiger partial charge in [0.2, 0.25) is 0 Å². The van der Waals surface area contributed by atoms with Crippen molar-refractivity contribution >= 4 is 32.6 Å². The second-order valence-corrected chi connectivity index (χ2v) is 5.41. The van der Waals surface area contributed by atoms with E-state index in [-0.39, 0.29) is 5.91 Å². The van der Waals surface area contributed by atoms with Gasteiger partial charge in [-0.05, 0) is 24.6 Å². The van der Waals surface area contributed by atoms with Gasteiger partial charge in [-0.25, -0.2) is 4.98 Å². The third kappa shape index (κ3) is 2.42. The summed E-state index contributed by atoms with van der Waals surface area (Å²) < 4.78 is 2.77. The van der Waals surface area contributed by atoms with E-state index in [9.17, 15) is 4.79 Å². The Labute approximate surface area is 120 Å². The number of anilines is 1. The van der Waals surface area contributed by atoms with Crippen LogP contribution in [0, 0.1) is 0 Å². The van der Waals surface area contributed by atoms with Crippen LogP contribution < -0.4 is 5.32 Å². The number of aromatic nitrogens is 3. The Bertz CT molecular complexity index is 713. The summed E-state index contributed by atoms with van der Waals surface area (Å²) in [7, 11) is 0. The van der Waals surface area contributed by atoms with Crippen LogP contribution in [0.4, 0.5) is 5.13 Å². The third-order valence-electron chi connectivity index (χ3n) is 2.90. The smallest absolute Gasteiger partial charge is 0.275 e. The molecule has 20 heavy (non-hydrogen) atoms. The summed E-state index contributed by atoms with van der Waals surface area (Å²) in [5, 5.41) is 7.60. The van der Waals surface area contributed by atoms with Crippen LogP contribution in [-0.4, -0.2) is 20.7 Å². The lowest BCUT2D eigenvalue weighted by molar-refractivity contribution is 0.101. The average molecular weight is 286 g/mol. The standard InChI is InChI=1S/C14H14N4OS/c1-2-9-18-11(7-8-15-18)13(19)17-14-16-10-5-3-4-6-12(10)20-14/h3-8H,2,9H2,1H3,(H,16,17,19). The first-order valence-electron chi connectivity index (χ1n) is 6.46. The van der Waals surface area contributed by atoms with Gasteiger partial charge in [0.05, 0.1) is 10.2 Å². The van der Waals surface area contributed by atoms with Gasteiger partial charge in [0.1, 0.15) is 5.69 Å². The van der Waals surface area contributed by atoms with Crippen LogP contribution in [-0.2, 0) is 6.54 Å². The minimum Gasteiger partial charge on any atom is -0.296 e. The fourth-order valence-electron chi connectivity index (χ4n) is 2.00. The summed E-state index contributed by atoms with van der Waals surface area (Å²) in [6.07, 6.45) is 2.58. The molecule has 0 fully saturated rings. The molecule has 2 heterocycles. The van der Waals surface area contributed by atoms with Crippen LogP contribution in [0.15, 0.2) is 36.5 Å². The van der Waals surface area contributed by atoms with Crippen molar-refractivity contribution in [2.75, 3.05) is 5.32 Å². The van der Waals surface area contributed by atoms with E-state index in [1.54, 1.807) is 16.9 Å². The normalized spacial score (nSPS) is 10.8. The molecule has 0 saturated carbocycles. The molecule has 5 nitrogen and oxygen atoms in total. The SMILES string of the molecule is CCCn1nccc1C(=O)Nc1nc2ccccc2s1. The monoisotopic (exact) mass is 286 g/mol. The molecule has 1 aromatic carbocycles.